The van der Waals surface area contributed by atoms with E-state index in [1.54, 1.807) is 0 Å². The molecule has 1 heteroatoms. The maximum atomic E-state index is 3.90. The first-order valence-corrected chi connectivity index (χ1v) is 7.17. The topological polar surface area (TPSA) is 0 Å². The van der Waals surface area contributed by atoms with Crippen LogP contribution in [0.15, 0.2) is 49.1 Å². The first kappa shape index (κ1) is 13.4. The summed E-state index contributed by atoms with van der Waals surface area (Å²) in [4.78, 5) is 0. The maximum absolute atomic E-state index is 3.90. The van der Waals surface area contributed by atoms with E-state index in [-0.39, 0.29) is 0 Å². The number of hydrogen-bond donors (Lipinski definition) is 0. The molecule has 0 saturated heterocycles. The van der Waals surface area contributed by atoms with Gasteiger partial charge in [0.05, 0.1) is 0 Å². The molecule has 1 unspecified atom stereocenters. The minimum absolute atomic E-state index is 0.590. The zero-order chi connectivity index (χ0) is 11.5. The Morgan fingerprint density at radius 2 is 1.69 bits per heavy atom. The van der Waals surface area contributed by atoms with E-state index >= 15 is 0 Å². The van der Waals surface area contributed by atoms with Crippen LogP contribution in [0.5, 0.6) is 0 Å². The van der Waals surface area contributed by atoms with Crippen molar-refractivity contribution in [2.24, 2.45) is 0 Å². The molecule has 0 saturated carbocycles. The first-order chi connectivity index (χ1) is 7.93. The van der Waals surface area contributed by atoms with Crippen LogP contribution in [0.4, 0.5) is 0 Å². The Labute approximate surface area is 104 Å². The molecule has 0 nitrogen and oxygen atoms in total. The highest BCUT2D eigenvalue weighted by atomic mass is 32.2. The zero-order valence-electron chi connectivity index (χ0n) is 9.98. The molecule has 0 aromatic rings. The van der Waals surface area contributed by atoms with Gasteiger partial charge in [-0.05, 0) is 37.9 Å². The van der Waals surface area contributed by atoms with E-state index in [4.69, 9.17) is 0 Å². The molecule has 0 amide bonds. The van der Waals surface area contributed by atoms with Crippen molar-refractivity contribution in [1.29, 1.82) is 0 Å². The van der Waals surface area contributed by atoms with Crippen LogP contribution in [0, 0.1) is 0 Å². The normalized spacial score (nSPS) is 29.9. The first-order valence-electron chi connectivity index (χ1n) is 6.12. The lowest BCUT2D eigenvalue weighted by Gasteiger charge is -2.08. The monoisotopic (exact) mass is 234 g/mol. The van der Waals surface area contributed by atoms with E-state index in [9.17, 15) is 0 Å². The van der Waals surface area contributed by atoms with E-state index in [0.29, 0.717) is 5.25 Å². The molecule has 0 radical (unpaired) electrons. The van der Waals surface area contributed by atoms with Crippen molar-refractivity contribution in [1.82, 2.24) is 0 Å². The Hall–Kier alpha value is -0.690. The fraction of sp³-hybridized carbons (Fsp3) is 0.467. The van der Waals surface area contributed by atoms with Crippen LogP contribution in [0.3, 0.4) is 0 Å². The lowest BCUT2D eigenvalue weighted by Crippen LogP contribution is -1.97. The highest BCUT2D eigenvalue weighted by Crippen LogP contribution is 2.18. The Bertz CT molecular complexity index is 261. The summed E-state index contributed by atoms with van der Waals surface area (Å²) in [5, 5.41) is 0.590. The highest BCUT2D eigenvalue weighted by Gasteiger charge is 2.01. The van der Waals surface area contributed by atoms with Gasteiger partial charge in [-0.15, -0.1) is 6.58 Å². The van der Waals surface area contributed by atoms with Gasteiger partial charge in [-0.3, -0.25) is 0 Å². The van der Waals surface area contributed by atoms with E-state index in [1.165, 1.54) is 18.6 Å². The number of rotatable bonds is 1. The predicted octanol–water partition coefficient (Wildman–Crippen LogP) is 4.91. The van der Waals surface area contributed by atoms with Gasteiger partial charge >= 0.3 is 0 Å². The lowest BCUT2D eigenvalue weighted by atomic mass is 10.2. The smallest absolute Gasteiger partial charge is 0.0258 e. The van der Waals surface area contributed by atoms with E-state index < -0.39 is 0 Å². The molecule has 1 aliphatic heterocycles. The Morgan fingerprint density at radius 3 is 2.44 bits per heavy atom. The Kier molecular flexibility index (Phi) is 7.97. The number of thioether (sulfide) groups is 1. The Morgan fingerprint density at radius 1 is 1.00 bits per heavy atom. The summed E-state index contributed by atoms with van der Waals surface area (Å²) in [6, 6.07) is 0. The second-order valence-electron chi connectivity index (χ2n) is 3.91. The molecule has 16 heavy (non-hydrogen) atoms. The molecule has 0 fully saturated rings. The minimum atomic E-state index is 0.590. The number of hydrogen-bond acceptors (Lipinski definition) is 1. The molecule has 0 spiro atoms. The predicted molar refractivity (Wildman–Crippen MR) is 76.9 cm³/mol. The van der Waals surface area contributed by atoms with Gasteiger partial charge in [0.2, 0.25) is 0 Å². The summed E-state index contributed by atoms with van der Waals surface area (Å²) >= 11 is 2.03. The molecule has 1 atom stereocenters. The van der Waals surface area contributed by atoms with Crippen LogP contribution in [0.2, 0.25) is 0 Å². The molecule has 0 aromatic carbocycles. The van der Waals surface area contributed by atoms with Gasteiger partial charge in [0.25, 0.3) is 0 Å². The van der Waals surface area contributed by atoms with Crippen LogP contribution >= 0.6 is 11.8 Å². The summed E-state index contributed by atoms with van der Waals surface area (Å²) in [5.41, 5.74) is 0. The molecule has 0 bridgehead atoms. The highest BCUT2D eigenvalue weighted by molar-refractivity contribution is 8.00. The fourth-order valence-electron chi connectivity index (χ4n) is 1.56. The van der Waals surface area contributed by atoms with Crippen molar-refractivity contribution in [2.75, 3.05) is 5.75 Å². The molecule has 1 heterocycles. The van der Waals surface area contributed by atoms with Gasteiger partial charge in [-0.2, -0.15) is 11.8 Å². The third-order valence-corrected chi connectivity index (χ3v) is 3.86. The van der Waals surface area contributed by atoms with Crippen molar-refractivity contribution in [3.63, 3.8) is 0 Å². The van der Waals surface area contributed by atoms with Crippen LogP contribution in [-0.4, -0.2) is 11.0 Å². The van der Waals surface area contributed by atoms with Crippen molar-refractivity contribution in [3.05, 3.63) is 49.1 Å². The number of allylic oxidation sites excluding steroid dienone is 6. The standard InChI is InChI=1S/C15H22S/c1-2-15-13-11-9-7-5-3-4-6-8-10-12-14-16-15/h2-3,5-6,8-9,11,15H,1,4,7,10,12-14H2/b5-3+,8-6-,11-9+. The van der Waals surface area contributed by atoms with Gasteiger partial charge < -0.3 is 0 Å². The van der Waals surface area contributed by atoms with Gasteiger partial charge in [-0.25, -0.2) is 0 Å². The zero-order valence-corrected chi connectivity index (χ0v) is 10.8. The third-order valence-electron chi connectivity index (χ3n) is 2.52. The molecule has 1 rings (SSSR count). The van der Waals surface area contributed by atoms with Crippen LogP contribution < -0.4 is 0 Å². The molecular formula is C15H22S. The van der Waals surface area contributed by atoms with Crippen molar-refractivity contribution >= 4 is 11.8 Å². The fourth-order valence-corrected chi connectivity index (χ4v) is 2.58. The van der Waals surface area contributed by atoms with E-state index in [0.717, 1.165) is 19.3 Å². The lowest BCUT2D eigenvalue weighted by molar-refractivity contribution is 0.957. The minimum Gasteiger partial charge on any atom is -0.154 e. The second-order valence-corrected chi connectivity index (χ2v) is 5.26. The summed E-state index contributed by atoms with van der Waals surface area (Å²) in [6.07, 6.45) is 21.4. The van der Waals surface area contributed by atoms with Gasteiger partial charge in [0, 0.05) is 5.25 Å². The SMILES string of the molecule is C=CC1C/C=C/C/C=C/C/C=C\CCCS1. The molecule has 0 aromatic heterocycles. The van der Waals surface area contributed by atoms with Crippen molar-refractivity contribution in [3.8, 4) is 0 Å². The molecule has 0 aliphatic carbocycles. The summed E-state index contributed by atoms with van der Waals surface area (Å²) in [6.45, 7) is 3.90. The third kappa shape index (κ3) is 6.73. The molecule has 1 aliphatic rings. The van der Waals surface area contributed by atoms with Crippen LogP contribution in [-0.2, 0) is 0 Å². The Balaban J connectivity index is 2.42. The van der Waals surface area contributed by atoms with Crippen molar-refractivity contribution in [2.45, 2.75) is 37.4 Å². The largest absolute Gasteiger partial charge is 0.154 e. The summed E-state index contributed by atoms with van der Waals surface area (Å²) < 4.78 is 0. The average Bonchev–Trinajstić information content (AvgIpc) is 2.32. The van der Waals surface area contributed by atoms with Crippen LogP contribution in [0.1, 0.15) is 32.1 Å². The van der Waals surface area contributed by atoms with Crippen molar-refractivity contribution < 1.29 is 0 Å². The summed E-state index contributed by atoms with van der Waals surface area (Å²) in [5.74, 6) is 1.24. The molecule has 0 N–H and O–H groups in total. The van der Waals surface area contributed by atoms with Gasteiger partial charge in [-0.1, -0.05) is 42.5 Å². The average molecular weight is 234 g/mol. The molecule has 88 valence electrons. The van der Waals surface area contributed by atoms with E-state index in [1.807, 2.05) is 11.8 Å². The van der Waals surface area contributed by atoms with E-state index in [2.05, 4.69) is 49.1 Å². The van der Waals surface area contributed by atoms with Crippen LogP contribution in [0.25, 0.3) is 0 Å². The van der Waals surface area contributed by atoms with Gasteiger partial charge in [0.1, 0.15) is 0 Å². The quantitative estimate of drug-likeness (QED) is 0.581. The maximum Gasteiger partial charge on any atom is 0.0258 e. The molecular weight excluding hydrogens is 212 g/mol. The van der Waals surface area contributed by atoms with Gasteiger partial charge in [0.15, 0.2) is 0 Å². The summed E-state index contributed by atoms with van der Waals surface area (Å²) in [7, 11) is 0. The second kappa shape index (κ2) is 9.53.